The van der Waals surface area contributed by atoms with Gasteiger partial charge in [-0.25, -0.2) is 0 Å². The van der Waals surface area contributed by atoms with Crippen molar-refractivity contribution in [1.82, 2.24) is 14.9 Å². The van der Waals surface area contributed by atoms with Crippen LogP contribution in [-0.2, 0) is 19.4 Å². The van der Waals surface area contributed by atoms with Crippen LogP contribution >= 0.6 is 0 Å². The molecule has 0 saturated carbocycles. The zero-order valence-corrected chi connectivity index (χ0v) is 16.2. The molecular formula is C22H29N3O2. The van der Waals surface area contributed by atoms with Crippen molar-refractivity contribution in [3.63, 3.8) is 0 Å². The zero-order chi connectivity index (χ0) is 19.2. The van der Waals surface area contributed by atoms with Gasteiger partial charge in [0.05, 0.1) is 17.9 Å². The van der Waals surface area contributed by atoms with Gasteiger partial charge in [0, 0.05) is 44.1 Å². The minimum Gasteiger partial charge on any atom is -0.491 e. The molecule has 0 spiro atoms. The van der Waals surface area contributed by atoms with E-state index in [1.165, 1.54) is 5.56 Å². The fourth-order valence-electron chi connectivity index (χ4n) is 3.65. The van der Waals surface area contributed by atoms with E-state index in [4.69, 9.17) is 4.74 Å². The third-order valence-corrected chi connectivity index (χ3v) is 4.83. The minimum absolute atomic E-state index is 0.148. The van der Waals surface area contributed by atoms with Gasteiger partial charge in [-0.05, 0) is 43.9 Å². The number of aliphatic hydroxyl groups is 1. The molecule has 0 unspecified atom stereocenters. The van der Waals surface area contributed by atoms with Crippen molar-refractivity contribution in [2.24, 2.45) is 5.92 Å². The number of rotatable bonds is 8. The average Bonchev–Trinajstić information content (AvgIpc) is 2.97. The van der Waals surface area contributed by atoms with Gasteiger partial charge >= 0.3 is 0 Å². The monoisotopic (exact) mass is 367 g/mol. The summed E-state index contributed by atoms with van der Waals surface area (Å²) in [5, 5.41) is 10.5. The predicted octanol–water partition coefficient (Wildman–Crippen LogP) is 3.03. The van der Waals surface area contributed by atoms with Crippen LogP contribution in [0.25, 0.3) is 0 Å². The lowest BCUT2D eigenvalue weighted by Gasteiger charge is -2.18. The molecule has 3 rings (SSSR count). The Bertz CT molecular complexity index is 748. The maximum absolute atomic E-state index is 10.5. The molecule has 0 radical (unpaired) electrons. The Morgan fingerprint density at radius 2 is 2.19 bits per heavy atom. The first-order valence-electron chi connectivity index (χ1n) is 9.59. The summed E-state index contributed by atoms with van der Waals surface area (Å²) >= 11 is 0. The number of allylic oxidation sites excluding steroid dienone is 1. The zero-order valence-electron chi connectivity index (χ0n) is 16.2. The van der Waals surface area contributed by atoms with E-state index in [1.54, 1.807) is 18.6 Å². The summed E-state index contributed by atoms with van der Waals surface area (Å²) in [4.78, 5) is 10.8. The van der Waals surface area contributed by atoms with E-state index in [2.05, 4.69) is 39.6 Å². The third kappa shape index (κ3) is 5.37. The molecule has 1 aliphatic heterocycles. The highest BCUT2D eigenvalue weighted by Crippen LogP contribution is 2.26. The van der Waals surface area contributed by atoms with Crippen LogP contribution in [0.15, 0.2) is 49.4 Å². The minimum atomic E-state index is -0.330. The molecule has 144 valence electrons. The first-order chi connectivity index (χ1) is 13.0. The van der Waals surface area contributed by atoms with E-state index >= 15 is 0 Å². The van der Waals surface area contributed by atoms with Gasteiger partial charge in [-0.3, -0.25) is 14.9 Å². The van der Waals surface area contributed by atoms with Gasteiger partial charge in [0.2, 0.25) is 0 Å². The Hall–Kier alpha value is -2.24. The number of β-amino-alcohol motifs (C(OH)–C–C–N with tert-alkyl or cyclic N) is 1. The summed E-state index contributed by atoms with van der Waals surface area (Å²) in [5.41, 5.74) is 3.33. The van der Waals surface area contributed by atoms with Crippen molar-refractivity contribution in [3.05, 3.63) is 66.3 Å². The summed E-state index contributed by atoms with van der Waals surface area (Å²) in [6.07, 6.45) is 8.43. The molecule has 1 N–H and O–H groups in total. The van der Waals surface area contributed by atoms with Crippen molar-refractivity contribution in [2.75, 3.05) is 13.1 Å². The summed E-state index contributed by atoms with van der Waals surface area (Å²) in [7, 11) is 0. The van der Waals surface area contributed by atoms with Crippen molar-refractivity contribution in [2.45, 2.75) is 45.4 Å². The molecule has 2 aromatic rings. The van der Waals surface area contributed by atoms with Gasteiger partial charge in [-0.2, -0.15) is 0 Å². The number of likely N-dealkylation sites (tertiary alicyclic amines) is 1. The Morgan fingerprint density at radius 1 is 1.33 bits per heavy atom. The lowest BCUT2D eigenvalue weighted by atomic mass is 10.0. The number of hydrogen-bond acceptors (Lipinski definition) is 5. The van der Waals surface area contributed by atoms with E-state index in [1.807, 2.05) is 19.9 Å². The molecule has 1 fully saturated rings. The van der Waals surface area contributed by atoms with Gasteiger partial charge in [0.1, 0.15) is 5.75 Å². The number of hydrogen-bond donors (Lipinski definition) is 1. The van der Waals surface area contributed by atoms with Crippen LogP contribution in [0, 0.1) is 5.92 Å². The van der Waals surface area contributed by atoms with Crippen LogP contribution in [0.4, 0.5) is 0 Å². The molecule has 5 nitrogen and oxygen atoms in total. The number of ether oxygens (including phenoxy) is 1. The average molecular weight is 367 g/mol. The SMILES string of the molecule is C=CCc1cc(CN2C[C@@H](Cc3cnccn3)[C@H](O)C2)ccc1OC(C)C. The van der Waals surface area contributed by atoms with Crippen LogP contribution in [0.3, 0.4) is 0 Å². The van der Waals surface area contributed by atoms with Crippen molar-refractivity contribution >= 4 is 0 Å². The van der Waals surface area contributed by atoms with Gasteiger partial charge in [-0.15, -0.1) is 6.58 Å². The van der Waals surface area contributed by atoms with E-state index in [9.17, 15) is 5.11 Å². The second-order valence-electron chi connectivity index (χ2n) is 7.52. The fraction of sp³-hybridized carbons (Fsp3) is 0.455. The molecule has 0 amide bonds. The highest BCUT2D eigenvalue weighted by atomic mass is 16.5. The first-order valence-corrected chi connectivity index (χ1v) is 9.59. The molecule has 0 aliphatic carbocycles. The van der Waals surface area contributed by atoms with Crippen LogP contribution in [0.5, 0.6) is 5.75 Å². The number of aromatic nitrogens is 2. The number of benzene rings is 1. The normalized spacial score (nSPS) is 20.1. The summed E-state index contributed by atoms with van der Waals surface area (Å²) in [5.74, 6) is 1.12. The van der Waals surface area contributed by atoms with Crippen LogP contribution < -0.4 is 4.74 Å². The summed E-state index contributed by atoms with van der Waals surface area (Å²) in [6, 6.07) is 6.37. The number of nitrogens with zero attached hydrogens (tertiary/aromatic N) is 3. The Balaban J connectivity index is 1.64. The van der Waals surface area contributed by atoms with Crippen LogP contribution in [0.2, 0.25) is 0 Å². The summed E-state index contributed by atoms with van der Waals surface area (Å²) in [6.45, 7) is 10.3. The molecule has 2 atom stereocenters. The van der Waals surface area contributed by atoms with Crippen molar-refractivity contribution in [1.29, 1.82) is 0 Å². The Kier molecular flexibility index (Phi) is 6.58. The highest BCUT2D eigenvalue weighted by molar-refractivity contribution is 5.38. The van der Waals surface area contributed by atoms with E-state index in [0.717, 1.165) is 42.9 Å². The maximum atomic E-state index is 10.5. The Morgan fingerprint density at radius 3 is 2.89 bits per heavy atom. The molecule has 1 saturated heterocycles. The van der Waals surface area contributed by atoms with Crippen LogP contribution in [-0.4, -0.2) is 45.3 Å². The highest BCUT2D eigenvalue weighted by Gasteiger charge is 2.31. The van der Waals surface area contributed by atoms with Crippen molar-refractivity contribution < 1.29 is 9.84 Å². The molecule has 1 aromatic heterocycles. The predicted molar refractivity (Wildman–Crippen MR) is 107 cm³/mol. The third-order valence-electron chi connectivity index (χ3n) is 4.83. The molecule has 2 heterocycles. The van der Waals surface area contributed by atoms with Crippen molar-refractivity contribution in [3.8, 4) is 5.75 Å². The van der Waals surface area contributed by atoms with Gasteiger partial charge in [0.15, 0.2) is 0 Å². The summed E-state index contributed by atoms with van der Waals surface area (Å²) < 4.78 is 5.91. The molecule has 1 aromatic carbocycles. The van der Waals surface area contributed by atoms with E-state index < -0.39 is 0 Å². The fourth-order valence-corrected chi connectivity index (χ4v) is 3.65. The second-order valence-corrected chi connectivity index (χ2v) is 7.52. The molecule has 5 heteroatoms. The van der Waals surface area contributed by atoms with E-state index in [-0.39, 0.29) is 18.1 Å². The van der Waals surface area contributed by atoms with Gasteiger partial charge in [-0.1, -0.05) is 18.2 Å². The molecule has 0 bridgehead atoms. The second kappa shape index (κ2) is 9.11. The van der Waals surface area contributed by atoms with Crippen LogP contribution in [0.1, 0.15) is 30.7 Å². The quantitative estimate of drug-likeness (QED) is 0.727. The molecular weight excluding hydrogens is 338 g/mol. The Labute approximate surface area is 161 Å². The standard InChI is InChI=1S/C22H29N3O2/c1-4-5-18-10-17(6-7-22(18)27-16(2)3)13-25-14-19(21(26)15-25)11-20-12-23-8-9-24-20/h4,6-10,12,16,19,21,26H,1,5,11,13-15H2,2-3H3/t19-,21-/m1/s1. The molecule has 1 aliphatic rings. The lowest BCUT2D eigenvalue weighted by Crippen LogP contribution is -2.21. The van der Waals surface area contributed by atoms with Gasteiger partial charge in [0.25, 0.3) is 0 Å². The molecule has 27 heavy (non-hydrogen) atoms. The first kappa shape index (κ1) is 19.5. The topological polar surface area (TPSA) is 58.5 Å². The lowest BCUT2D eigenvalue weighted by molar-refractivity contribution is 0.140. The number of aliphatic hydroxyl groups excluding tert-OH is 1. The maximum Gasteiger partial charge on any atom is 0.123 e. The van der Waals surface area contributed by atoms with Gasteiger partial charge < -0.3 is 9.84 Å². The van der Waals surface area contributed by atoms with E-state index in [0.29, 0.717) is 6.54 Å². The largest absolute Gasteiger partial charge is 0.491 e. The smallest absolute Gasteiger partial charge is 0.123 e.